The zero-order chi connectivity index (χ0) is 14.2. The molecule has 0 saturated heterocycles. The molecule has 0 aromatic heterocycles. The third-order valence-corrected chi connectivity index (χ3v) is 4.31. The first-order chi connectivity index (χ1) is 8.32. The Morgan fingerprint density at radius 3 is 2.39 bits per heavy atom. The third kappa shape index (κ3) is 6.96. The highest BCUT2D eigenvalue weighted by Gasteiger charge is 2.21. The van der Waals surface area contributed by atoms with Crippen LogP contribution in [0.4, 0.5) is 0 Å². The van der Waals surface area contributed by atoms with Crippen LogP contribution < -0.4 is 5.32 Å². The average Bonchev–Trinajstić information content (AvgIpc) is 2.29. The molecule has 0 bridgehead atoms. The van der Waals surface area contributed by atoms with Crippen molar-refractivity contribution in [2.24, 2.45) is 0 Å². The molecule has 0 aliphatic heterocycles. The summed E-state index contributed by atoms with van der Waals surface area (Å²) in [6, 6.07) is -0.0347. The van der Waals surface area contributed by atoms with Gasteiger partial charge in [-0.1, -0.05) is 20.3 Å². The molecule has 1 amide bonds. The molecule has 0 saturated carbocycles. The predicted molar refractivity (Wildman–Crippen MR) is 73.8 cm³/mol. The van der Waals surface area contributed by atoms with Crippen molar-refractivity contribution in [2.45, 2.75) is 52.5 Å². The van der Waals surface area contributed by atoms with Crippen LogP contribution in [0.2, 0.25) is 0 Å². The van der Waals surface area contributed by atoms with Crippen molar-refractivity contribution in [2.75, 3.05) is 19.3 Å². The van der Waals surface area contributed by atoms with Gasteiger partial charge in [-0.2, -0.15) is 4.31 Å². The van der Waals surface area contributed by atoms with Gasteiger partial charge in [-0.25, -0.2) is 8.42 Å². The number of nitrogens with one attached hydrogen (secondary N) is 1. The number of unbranched alkanes of at least 4 members (excludes halogenated alkanes) is 1. The Morgan fingerprint density at radius 2 is 1.94 bits per heavy atom. The van der Waals surface area contributed by atoms with Gasteiger partial charge in [0, 0.05) is 25.6 Å². The smallest absolute Gasteiger partial charge is 0.220 e. The number of carbonyl (C=O) groups is 1. The summed E-state index contributed by atoms with van der Waals surface area (Å²) < 4.78 is 24.6. The zero-order valence-electron chi connectivity index (χ0n) is 11.9. The van der Waals surface area contributed by atoms with Crippen LogP contribution in [0.1, 0.15) is 46.5 Å². The van der Waals surface area contributed by atoms with Crippen LogP contribution >= 0.6 is 0 Å². The molecule has 0 heterocycles. The van der Waals surface area contributed by atoms with Crippen molar-refractivity contribution in [3.8, 4) is 0 Å². The molecule has 0 fully saturated rings. The molecule has 108 valence electrons. The zero-order valence-corrected chi connectivity index (χ0v) is 12.7. The lowest BCUT2D eigenvalue weighted by Crippen LogP contribution is -2.42. The summed E-state index contributed by atoms with van der Waals surface area (Å²) in [5.41, 5.74) is 0. The highest BCUT2D eigenvalue weighted by atomic mass is 32.2. The van der Waals surface area contributed by atoms with Crippen LogP contribution in [0.3, 0.4) is 0 Å². The van der Waals surface area contributed by atoms with Crippen LogP contribution in [0.25, 0.3) is 0 Å². The number of carbonyl (C=O) groups excluding carboxylic acids is 1. The minimum atomic E-state index is -3.21. The number of rotatable bonds is 9. The number of hydrogen-bond donors (Lipinski definition) is 1. The van der Waals surface area contributed by atoms with Crippen LogP contribution in [0.15, 0.2) is 0 Å². The van der Waals surface area contributed by atoms with Crippen molar-refractivity contribution >= 4 is 15.9 Å². The molecular weight excluding hydrogens is 252 g/mol. The molecule has 1 atom stereocenters. The minimum absolute atomic E-state index is 0.00514. The van der Waals surface area contributed by atoms with E-state index in [0.717, 1.165) is 19.3 Å². The fraction of sp³-hybridized carbons (Fsp3) is 0.917. The fourth-order valence-corrected chi connectivity index (χ4v) is 2.87. The number of hydrogen-bond acceptors (Lipinski definition) is 3. The SMILES string of the molecule is CCCCC(=O)NCCN(C(C)CC)S(C)(=O)=O. The standard InChI is InChI=1S/C12H26N2O3S/c1-5-7-8-12(15)13-9-10-14(11(3)6-2)18(4,16)17/h11H,5-10H2,1-4H3,(H,13,15). The third-order valence-electron chi connectivity index (χ3n) is 2.92. The molecular formula is C12H26N2O3S. The second-order valence-corrected chi connectivity index (χ2v) is 6.52. The minimum Gasteiger partial charge on any atom is -0.355 e. The molecule has 0 spiro atoms. The molecule has 0 rings (SSSR count). The topological polar surface area (TPSA) is 66.5 Å². The Bertz CT molecular complexity index is 341. The maximum atomic E-state index is 11.6. The Balaban J connectivity index is 4.18. The Kier molecular flexibility index (Phi) is 8.18. The van der Waals surface area contributed by atoms with Gasteiger partial charge in [0.1, 0.15) is 0 Å². The summed E-state index contributed by atoms with van der Waals surface area (Å²) in [4.78, 5) is 11.4. The van der Waals surface area contributed by atoms with E-state index in [0.29, 0.717) is 19.5 Å². The highest BCUT2D eigenvalue weighted by Crippen LogP contribution is 2.07. The summed E-state index contributed by atoms with van der Waals surface area (Å²) in [7, 11) is -3.21. The highest BCUT2D eigenvalue weighted by molar-refractivity contribution is 7.88. The summed E-state index contributed by atoms with van der Waals surface area (Å²) in [6.45, 7) is 6.57. The number of amides is 1. The van der Waals surface area contributed by atoms with Crippen molar-refractivity contribution in [1.29, 1.82) is 0 Å². The van der Waals surface area contributed by atoms with E-state index in [9.17, 15) is 13.2 Å². The Labute approximate surface area is 111 Å². The number of sulfonamides is 1. The first-order valence-electron chi connectivity index (χ1n) is 6.56. The molecule has 0 aromatic rings. The van der Waals surface area contributed by atoms with E-state index in [4.69, 9.17) is 0 Å². The van der Waals surface area contributed by atoms with Crippen molar-refractivity contribution in [1.82, 2.24) is 9.62 Å². The second kappa shape index (κ2) is 8.48. The van der Waals surface area contributed by atoms with E-state index in [1.54, 1.807) is 0 Å². The summed E-state index contributed by atoms with van der Waals surface area (Å²) in [5, 5.41) is 2.75. The van der Waals surface area contributed by atoms with E-state index in [2.05, 4.69) is 5.32 Å². The molecule has 18 heavy (non-hydrogen) atoms. The van der Waals surface area contributed by atoms with E-state index in [1.807, 2.05) is 20.8 Å². The largest absolute Gasteiger partial charge is 0.355 e. The molecule has 1 N–H and O–H groups in total. The van der Waals surface area contributed by atoms with Crippen molar-refractivity contribution in [3.63, 3.8) is 0 Å². The molecule has 0 radical (unpaired) electrons. The monoisotopic (exact) mass is 278 g/mol. The molecule has 0 aromatic carbocycles. The summed E-state index contributed by atoms with van der Waals surface area (Å²) in [5.74, 6) is -0.00514. The van der Waals surface area contributed by atoms with Gasteiger partial charge >= 0.3 is 0 Å². The van der Waals surface area contributed by atoms with E-state index < -0.39 is 10.0 Å². The molecule has 1 unspecified atom stereocenters. The van der Waals surface area contributed by atoms with E-state index in [-0.39, 0.29) is 11.9 Å². The average molecular weight is 278 g/mol. The first kappa shape index (κ1) is 17.4. The van der Waals surface area contributed by atoms with E-state index in [1.165, 1.54) is 10.6 Å². The lowest BCUT2D eigenvalue weighted by atomic mass is 10.2. The number of nitrogens with zero attached hydrogens (tertiary/aromatic N) is 1. The van der Waals surface area contributed by atoms with Crippen molar-refractivity contribution < 1.29 is 13.2 Å². The van der Waals surface area contributed by atoms with E-state index >= 15 is 0 Å². The Morgan fingerprint density at radius 1 is 1.33 bits per heavy atom. The first-order valence-corrected chi connectivity index (χ1v) is 8.41. The van der Waals surface area contributed by atoms with Crippen LogP contribution in [0, 0.1) is 0 Å². The Hall–Kier alpha value is -0.620. The van der Waals surface area contributed by atoms with Crippen molar-refractivity contribution in [3.05, 3.63) is 0 Å². The van der Waals surface area contributed by atoms with Gasteiger partial charge in [0.05, 0.1) is 6.26 Å². The molecule has 6 heteroatoms. The van der Waals surface area contributed by atoms with Gasteiger partial charge in [0.2, 0.25) is 15.9 Å². The lowest BCUT2D eigenvalue weighted by Gasteiger charge is -2.25. The fourth-order valence-electron chi connectivity index (χ4n) is 1.65. The van der Waals surface area contributed by atoms with Gasteiger partial charge in [0.15, 0.2) is 0 Å². The summed E-state index contributed by atoms with van der Waals surface area (Å²) in [6.07, 6.45) is 4.33. The molecule has 5 nitrogen and oxygen atoms in total. The van der Waals surface area contributed by atoms with Gasteiger partial charge in [0.25, 0.3) is 0 Å². The van der Waals surface area contributed by atoms with Gasteiger partial charge < -0.3 is 5.32 Å². The molecule has 0 aliphatic carbocycles. The maximum Gasteiger partial charge on any atom is 0.220 e. The predicted octanol–water partition coefficient (Wildman–Crippen LogP) is 1.35. The quantitative estimate of drug-likeness (QED) is 0.692. The maximum absolute atomic E-state index is 11.6. The summed E-state index contributed by atoms with van der Waals surface area (Å²) >= 11 is 0. The second-order valence-electron chi connectivity index (χ2n) is 4.58. The lowest BCUT2D eigenvalue weighted by molar-refractivity contribution is -0.121. The van der Waals surface area contributed by atoms with Crippen LogP contribution in [-0.4, -0.2) is 44.0 Å². The molecule has 0 aliphatic rings. The van der Waals surface area contributed by atoms with Crippen LogP contribution in [0.5, 0.6) is 0 Å². The van der Waals surface area contributed by atoms with Crippen LogP contribution in [-0.2, 0) is 14.8 Å². The van der Waals surface area contributed by atoms with Gasteiger partial charge in [-0.3, -0.25) is 4.79 Å². The normalized spacial score (nSPS) is 13.6. The van der Waals surface area contributed by atoms with Gasteiger partial charge in [-0.15, -0.1) is 0 Å². The van der Waals surface area contributed by atoms with Gasteiger partial charge in [-0.05, 0) is 19.8 Å².